The van der Waals surface area contributed by atoms with E-state index >= 15 is 0 Å². The fourth-order valence-corrected chi connectivity index (χ4v) is 5.40. The van der Waals surface area contributed by atoms with Gasteiger partial charge in [0, 0.05) is 57.5 Å². The molecule has 0 radical (unpaired) electrons. The van der Waals surface area contributed by atoms with Crippen molar-refractivity contribution in [3.05, 3.63) is 110 Å². The lowest BCUT2D eigenvalue weighted by Gasteiger charge is -2.03. The van der Waals surface area contributed by atoms with E-state index in [4.69, 9.17) is 8.83 Å². The van der Waals surface area contributed by atoms with Crippen molar-refractivity contribution < 1.29 is 8.83 Å². The average Bonchev–Trinajstić information content (AvgIpc) is 3.79. The van der Waals surface area contributed by atoms with Crippen LogP contribution in [0.4, 0.5) is 0 Å². The van der Waals surface area contributed by atoms with Gasteiger partial charge in [-0.2, -0.15) is 0 Å². The number of benzene rings is 3. The lowest BCUT2D eigenvalue weighted by atomic mass is 10.1. The van der Waals surface area contributed by atoms with Crippen molar-refractivity contribution in [2.75, 3.05) is 0 Å². The van der Waals surface area contributed by atoms with Crippen molar-refractivity contribution in [2.45, 2.75) is 0 Å². The fourth-order valence-electron chi connectivity index (χ4n) is 5.40. The average molecular weight is 571 g/mol. The molecule has 0 saturated heterocycles. The molecular weight excluding hydrogens is 552 g/mol. The standard InChI is InChI=1S/C34H18N8O2/c1-4-23(31-39-41-33(43-31)25-14-21-10-8-19-6-2-12-35-27(19)29(21)37-17-25)16-24(5-1)32-40-42-34(44-32)26-15-22-11-9-20-7-3-13-36-28(20)30(22)38-18-26/h1-18H. The molecule has 3 aromatic carbocycles. The van der Waals surface area contributed by atoms with Gasteiger partial charge < -0.3 is 8.83 Å². The Morgan fingerprint density at radius 1 is 0.364 bits per heavy atom. The third-order valence-electron chi connectivity index (χ3n) is 7.55. The zero-order valence-electron chi connectivity index (χ0n) is 22.8. The molecule has 0 bridgehead atoms. The second kappa shape index (κ2) is 9.57. The van der Waals surface area contributed by atoms with Gasteiger partial charge in [-0.05, 0) is 42.5 Å². The van der Waals surface area contributed by atoms with Crippen molar-refractivity contribution in [2.24, 2.45) is 0 Å². The second-order valence-corrected chi connectivity index (χ2v) is 10.3. The number of nitrogens with zero attached hydrogens (tertiary/aromatic N) is 8. The lowest BCUT2D eigenvalue weighted by Crippen LogP contribution is -1.87. The Morgan fingerprint density at radius 3 is 1.30 bits per heavy atom. The minimum Gasteiger partial charge on any atom is -0.416 e. The predicted octanol–water partition coefficient (Wildman–Crippen LogP) is 7.31. The van der Waals surface area contributed by atoms with Gasteiger partial charge >= 0.3 is 0 Å². The molecule has 0 amide bonds. The van der Waals surface area contributed by atoms with Crippen LogP contribution in [0.2, 0.25) is 0 Å². The zero-order chi connectivity index (χ0) is 29.0. The molecule has 0 atom stereocenters. The largest absolute Gasteiger partial charge is 0.416 e. The van der Waals surface area contributed by atoms with Crippen molar-refractivity contribution in [3.8, 4) is 45.8 Å². The van der Waals surface area contributed by atoms with E-state index in [9.17, 15) is 0 Å². The molecule has 206 valence electrons. The summed E-state index contributed by atoms with van der Waals surface area (Å²) in [5.41, 5.74) is 6.23. The summed E-state index contributed by atoms with van der Waals surface area (Å²) < 4.78 is 12.1. The number of hydrogen-bond acceptors (Lipinski definition) is 10. The van der Waals surface area contributed by atoms with E-state index in [1.165, 1.54) is 0 Å². The molecule has 0 aliphatic heterocycles. The van der Waals surface area contributed by atoms with E-state index in [0.29, 0.717) is 23.6 Å². The van der Waals surface area contributed by atoms with Gasteiger partial charge in [-0.15, -0.1) is 20.4 Å². The summed E-state index contributed by atoms with van der Waals surface area (Å²) in [6.07, 6.45) is 6.99. The Bertz CT molecular complexity index is 2370. The molecule has 6 heterocycles. The summed E-state index contributed by atoms with van der Waals surface area (Å²) in [6.45, 7) is 0. The van der Waals surface area contributed by atoms with Gasteiger partial charge in [0.1, 0.15) is 0 Å². The third-order valence-corrected chi connectivity index (χ3v) is 7.55. The maximum absolute atomic E-state index is 6.07. The molecule has 0 unspecified atom stereocenters. The van der Waals surface area contributed by atoms with E-state index in [1.54, 1.807) is 24.8 Å². The normalized spacial score (nSPS) is 11.6. The maximum Gasteiger partial charge on any atom is 0.249 e. The summed E-state index contributed by atoms with van der Waals surface area (Å²) >= 11 is 0. The van der Waals surface area contributed by atoms with Crippen molar-refractivity contribution >= 4 is 43.6 Å². The first-order chi connectivity index (χ1) is 21.8. The maximum atomic E-state index is 6.07. The van der Waals surface area contributed by atoms with Gasteiger partial charge in [0.2, 0.25) is 23.6 Å². The number of aromatic nitrogens is 8. The molecule has 0 aliphatic carbocycles. The van der Waals surface area contributed by atoms with Crippen LogP contribution in [0.25, 0.3) is 89.4 Å². The first kappa shape index (κ1) is 24.2. The number of hydrogen-bond donors (Lipinski definition) is 0. The Kier molecular flexibility index (Phi) is 5.26. The predicted molar refractivity (Wildman–Crippen MR) is 165 cm³/mol. The lowest BCUT2D eigenvalue weighted by molar-refractivity contribution is 0.582. The SMILES string of the molecule is c1cc(-c2nnc(-c3cnc4c(ccc5cccnc54)c3)o2)cc(-c2nnc(-c3cnc4c(ccc5cccnc54)c3)o2)c1. The molecule has 0 spiro atoms. The van der Waals surface area contributed by atoms with E-state index < -0.39 is 0 Å². The van der Waals surface area contributed by atoms with Crippen molar-refractivity contribution in [1.29, 1.82) is 0 Å². The second-order valence-electron chi connectivity index (χ2n) is 10.3. The Hall–Kier alpha value is -6.42. The van der Waals surface area contributed by atoms with Crippen LogP contribution in [-0.4, -0.2) is 40.3 Å². The number of rotatable bonds is 4. The Morgan fingerprint density at radius 2 is 0.795 bits per heavy atom. The molecule has 0 saturated carbocycles. The highest BCUT2D eigenvalue weighted by atomic mass is 16.4. The smallest absolute Gasteiger partial charge is 0.249 e. The van der Waals surface area contributed by atoms with Crippen LogP contribution in [0, 0.1) is 0 Å². The topological polar surface area (TPSA) is 129 Å². The van der Waals surface area contributed by atoms with E-state index in [2.05, 4.69) is 40.3 Å². The highest BCUT2D eigenvalue weighted by Crippen LogP contribution is 2.32. The van der Waals surface area contributed by atoms with Gasteiger partial charge in [-0.3, -0.25) is 19.9 Å². The van der Waals surface area contributed by atoms with Gasteiger partial charge in [0.15, 0.2) is 0 Å². The van der Waals surface area contributed by atoms with Crippen LogP contribution in [0.1, 0.15) is 0 Å². The van der Waals surface area contributed by atoms with Crippen LogP contribution >= 0.6 is 0 Å². The van der Waals surface area contributed by atoms with Crippen LogP contribution in [-0.2, 0) is 0 Å². The highest BCUT2D eigenvalue weighted by molar-refractivity contribution is 6.04. The zero-order valence-corrected chi connectivity index (χ0v) is 22.8. The van der Waals surface area contributed by atoms with Crippen LogP contribution in [0.15, 0.2) is 119 Å². The summed E-state index contributed by atoms with van der Waals surface area (Å²) in [6, 6.07) is 27.4. The van der Waals surface area contributed by atoms with Crippen LogP contribution in [0.3, 0.4) is 0 Å². The van der Waals surface area contributed by atoms with Crippen molar-refractivity contribution in [3.63, 3.8) is 0 Å². The molecule has 44 heavy (non-hydrogen) atoms. The fraction of sp³-hybridized carbons (Fsp3) is 0. The summed E-state index contributed by atoms with van der Waals surface area (Å²) in [7, 11) is 0. The van der Waals surface area contributed by atoms with Gasteiger partial charge in [-0.25, -0.2) is 0 Å². The quantitative estimate of drug-likeness (QED) is 0.198. The van der Waals surface area contributed by atoms with Crippen LogP contribution in [0.5, 0.6) is 0 Å². The molecule has 0 aliphatic rings. The minimum absolute atomic E-state index is 0.362. The Labute approximate surface area is 248 Å². The van der Waals surface area contributed by atoms with Crippen LogP contribution < -0.4 is 0 Å². The summed E-state index contributed by atoms with van der Waals surface area (Å²) in [5, 5.41) is 21.1. The minimum atomic E-state index is 0.362. The molecular formula is C34H18N8O2. The molecule has 0 fully saturated rings. The monoisotopic (exact) mass is 570 g/mol. The highest BCUT2D eigenvalue weighted by Gasteiger charge is 2.16. The molecule has 9 rings (SSSR count). The third kappa shape index (κ3) is 3.97. The number of pyridine rings is 4. The van der Waals surface area contributed by atoms with E-state index in [0.717, 1.165) is 65.9 Å². The Balaban J connectivity index is 1.02. The molecule has 10 heteroatoms. The summed E-state index contributed by atoms with van der Waals surface area (Å²) in [5.74, 6) is 1.46. The van der Waals surface area contributed by atoms with Crippen molar-refractivity contribution in [1.82, 2.24) is 40.3 Å². The van der Waals surface area contributed by atoms with Gasteiger partial charge in [0.25, 0.3) is 0 Å². The number of fused-ring (bicyclic) bond motifs is 6. The molecule has 6 aromatic heterocycles. The van der Waals surface area contributed by atoms with E-state index in [1.807, 2.05) is 84.9 Å². The van der Waals surface area contributed by atoms with Gasteiger partial charge in [-0.1, -0.05) is 42.5 Å². The molecule has 9 aromatic rings. The molecule has 10 nitrogen and oxygen atoms in total. The summed E-state index contributed by atoms with van der Waals surface area (Å²) in [4.78, 5) is 18.3. The first-order valence-corrected chi connectivity index (χ1v) is 13.8. The first-order valence-electron chi connectivity index (χ1n) is 13.8. The van der Waals surface area contributed by atoms with Gasteiger partial charge in [0.05, 0.1) is 33.2 Å². The molecule has 0 N–H and O–H groups in total. The van der Waals surface area contributed by atoms with E-state index in [-0.39, 0.29) is 0 Å².